The maximum atomic E-state index is 12.0. The minimum absolute atomic E-state index is 0.00290. The lowest BCUT2D eigenvalue weighted by Gasteiger charge is -2.26. The topological polar surface area (TPSA) is 70.0 Å². The fourth-order valence-corrected chi connectivity index (χ4v) is 6.00. The van der Waals surface area contributed by atoms with Crippen molar-refractivity contribution in [3.63, 3.8) is 0 Å². The number of anilines is 1. The molecule has 2 aliphatic heterocycles. The third-order valence-corrected chi connectivity index (χ3v) is 7.21. The molecule has 130 valence electrons. The van der Waals surface area contributed by atoms with Crippen molar-refractivity contribution in [1.29, 1.82) is 0 Å². The number of thioether (sulfide) groups is 1. The molecule has 0 unspecified atom stereocenters. The summed E-state index contributed by atoms with van der Waals surface area (Å²) >= 11 is 4.77. The largest absolute Gasteiger partial charge is 0.348 e. The highest BCUT2D eigenvalue weighted by molar-refractivity contribution is 9.10. The number of nitrogens with zero attached hydrogens (tertiary/aromatic N) is 3. The number of amides is 1. The molecule has 24 heavy (non-hydrogen) atoms. The minimum atomic E-state index is -3.07. The fraction of sp³-hybridized carbons (Fsp3) is 0.467. The van der Waals surface area contributed by atoms with E-state index in [2.05, 4.69) is 20.9 Å². The van der Waals surface area contributed by atoms with Crippen LogP contribution in [-0.2, 0) is 14.6 Å². The van der Waals surface area contributed by atoms with Gasteiger partial charge in [0.15, 0.2) is 15.0 Å². The number of amidine groups is 1. The average Bonchev–Trinajstić information content (AvgIpc) is 2.97. The zero-order chi connectivity index (χ0) is 17.5. The zero-order valence-corrected chi connectivity index (χ0v) is 16.6. The molecule has 0 aliphatic carbocycles. The number of benzene rings is 1. The second kappa shape index (κ2) is 6.68. The molecular formula is C15H18BrN3O3S2. The number of aliphatic imine (C=N–C) groups is 1. The molecule has 0 radical (unpaired) electrons. The fourth-order valence-electron chi connectivity index (χ4n) is 2.79. The first-order valence-electron chi connectivity index (χ1n) is 7.43. The smallest absolute Gasteiger partial charge is 0.232 e. The molecule has 1 saturated heterocycles. The summed E-state index contributed by atoms with van der Waals surface area (Å²) in [5, 5.41) is 0.720. The average molecular weight is 432 g/mol. The maximum Gasteiger partial charge on any atom is 0.232 e. The van der Waals surface area contributed by atoms with E-state index in [1.807, 2.05) is 29.2 Å². The Labute approximate surface area is 154 Å². The Morgan fingerprint density at radius 2 is 2.00 bits per heavy atom. The lowest BCUT2D eigenvalue weighted by Crippen LogP contribution is -2.39. The van der Waals surface area contributed by atoms with Crippen LogP contribution < -0.4 is 4.90 Å². The van der Waals surface area contributed by atoms with Gasteiger partial charge in [-0.2, -0.15) is 0 Å². The first kappa shape index (κ1) is 17.8. The number of halogens is 1. The van der Waals surface area contributed by atoms with Crippen LogP contribution in [0.15, 0.2) is 33.7 Å². The first-order chi connectivity index (χ1) is 11.3. The van der Waals surface area contributed by atoms with Crippen molar-refractivity contribution in [3.8, 4) is 0 Å². The molecule has 2 aliphatic rings. The van der Waals surface area contributed by atoms with Crippen molar-refractivity contribution < 1.29 is 13.2 Å². The van der Waals surface area contributed by atoms with Crippen molar-refractivity contribution >= 4 is 54.3 Å². The summed E-state index contributed by atoms with van der Waals surface area (Å²) in [6, 6.07) is 7.25. The van der Waals surface area contributed by atoms with Crippen LogP contribution in [0.1, 0.15) is 0 Å². The highest BCUT2D eigenvalue weighted by Crippen LogP contribution is 2.35. The molecule has 1 fully saturated rings. The van der Waals surface area contributed by atoms with E-state index in [1.165, 1.54) is 16.7 Å². The van der Waals surface area contributed by atoms with E-state index in [-0.39, 0.29) is 35.2 Å². The summed E-state index contributed by atoms with van der Waals surface area (Å²) in [5.41, 5.74) is 0.895. The van der Waals surface area contributed by atoms with Crippen LogP contribution in [0.4, 0.5) is 5.69 Å². The van der Waals surface area contributed by atoms with Gasteiger partial charge in [-0.15, -0.1) is 0 Å². The summed E-state index contributed by atoms with van der Waals surface area (Å²) in [6.45, 7) is 0. The van der Waals surface area contributed by atoms with Gasteiger partial charge in [0, 0.05) is 24.3 Å². The van der Waals surface area contributed by atoms with Gasteiger partial charge in [-0.05, 0) is 24.3 Å². The molecule has 0 bridgehead atoms. The lowest BCUT2D eigenvalue weighted by molar-refractivity contribution is -0.125. The number of carbonyl (C=O) groups is 1. The Kier molecular flexibility index (Phi) is 4.94. The minimum Gasteiger partial charge on any atom is -0.348 e. The summed E-state index contributed by atoms with van der Waals surface area (Å²) in [4.78, 5) is 20.0. The van der Waals surface area contributed by atoms with Gasteiger partial charge in [-0.1, -0.05) is 27.7 Å². The van der Waals surface area contributed by atoms with Crippen molar-refractivity contribution in [2.45, 2.75) is 12.1 Å². The van der Waals surface area contributed by atoms with Gasteiger partial charge in [-0.25, -0.2) is 8.42 Å². The van der Waals surface area contributed by atoms with Crippen molar-refractivity contribution in [2.24, 2.45) is 4.99 Å². The van der Waals surface area contributed by atoms with E-state index in [9.17, 15) is 13.2 Å². The molecule has 1 aromatic rings. The Balaban J connectivity index is 1.87. The van der Waals surface area contributed by atoms with E-state index >= 15 is 0 Å². The van der Waals surface area contributed by atoms with Crippen molar-refractivity contribution in [2.75, 3.05) is 36.3 Å². The predicted octanol–water partition coefficient (Wildman–Crippen LogP) is 1.61. The number of sulfone groups is 1. The normalized spacial score (nSPS) is 24.6. The molecule has 1 amide bonds. The molecular weight excluding hydrogens is 414 g/mol. The molecule has 0 N–H and O–H groups in total. The molecule has 6 nitrogen and oxygen atoms in total. The van der Waals surface area contributed by atoms with E-state index in [1.54, 1.807) is 14.1 Å². The molecule has 2 heterocycles. The summed E-state index contributed by atoms with van der Waals surface area (Å²) < 4.78 is 24.9. The van der Waals surface area contributed by atoms with Gasteiger partial charge < -0.3 is 9.80 Å². The number of fused-ring (bicyclic) bond motifs is 1. The molecule has 1 aromatic carbocycles. The molecule has 0 saturated carbocycles. The molecule has 0 spiro atoms. The van der Waals surface area contributed by atoms with Crippen molar-refractivity contribution in [1.82, 2.24) is 4.90 Å². The standard InChI is InChI=1S/C15H18BrN3O3S2/c1-18(2)14(20)7-23-15-17-12-8-24(21,22)9-13(12)19(15)11-5-3-10(16)4-6-11/h3-6,12-13H,7-9H2,1-2H3/t12-,13-/m0/s1. The molecule has 9 heteroatoms. The summed E-state index contributed by atoms with van der Waals surface area (Å²) in [7, 11) is 0.366. The highest BCUT2D eigenvalue weighted by Gasteiger charge is 2.47. The lowest BCUT2D eigenvalue weighted by atomic mass is 10.1. The number of hydrogen-bond acceptors (Lipinski definition) is 6. The Morgan fingerprint density at radius 3 is 2.62 bits per heavy atom. The molecule has 3 rings (SSSR count). The van der Waals surface area contributed by atoms with Crippen LogP contribution in [0, 0.1) is 0 Å². The molecule has 2 atom stereocenters. The monoisotopic (exact) mass is 431 g/mol. The van der Waals surface area contributed by atoms with Crippen LogP contribution in [-0.4, -0.2) is 67.8 Å². The van der Waals surface area contributed by atoms with Crippen LogP contribution in [0.2, 0.25) is 0 Å². The van der Waals surface area contributed by atoms with Crippen molar-refractivity contribution in [3.05, 3.63) is 28.7 Å². The second-order valence-corrected chi connectivity index (χ2v) is 10.1. The van der Waals surface area contributed by atoms with Gasteiger partial charge >= 0.3 is 0 Å². The first-order valence-corrected chi connectivity index (χ1v) is 11.0. The van der Waals surface area contributed by atoms with Gasteiger partial charge in [0.05, 0.1) is 29.3 Å². The van der Waals surface area contributed by atoms with Gasteiger partial charge in [0.25, 0.3) is 0 Å². The zero-order valence-electron chi connectivity index (χ0n) is 13.3. The van der Waals surface area contributed by atoms with Gasteiger partial charge in [0.1, 0.15) is 0 Å². The third-order valence-electron chi connectivity index (χ3n) is 4.04. The maximum absolute atomic E-state index is 12.0. The molecule has 0 aromatic heterocycles. The predicted molar refractivity (Wildman–Crippen MR) is 101 cm³/mol. The van der Waals surface area contributed by atoms with E-state index in [0.29, 0.717) is 0 Å². The Morgan fingerprint density at radius 1 is 1.33 bits per heavy atom. The van der Waals surface area contributed by atoms with Crippen LogP contribution in [0.25, 0.3) is 0 Å². The SMILES string of the molecule is CN(C)C(=O)CSC1=N[C@H]2CS(=O)(=O)C[C@@H]2N1c1ccc(Br)cc1. The van der Waals surface area contributed by atoms with E-state index < -0.39 is 9.84 Å². The van der Waals surface area contributed by atoms with Gasteiger partial charge in [0.2, 0.25) is 5.91 Å². The van der Waals surface area contributed by atoms with Gasteiger partial charge in [-0.3, -0.25) is 9.79 Å². The number of carbonyl (C=O) groups excluding carboxylic acids is 1. The summed E-state index contributed by atoms with van der Waals surface area (Å²) in [6.07, 6.45) is 0. The summed E-state index contributed by atoms with van der Waals surface area (Å²) in [5.74, 6) is 0.466. The Hall–Kier alpha value is -1.06. The van der Waals surface area contributed by atoms with Crippen LogP contribution in [0.3, 0.4) is 0 Å². The highest BCUT2D eigenvalue weighted by atomic mass is 79.9. The van der Waals surface area contributed by atoms with Crippen LogP contribution in [0.5, 0.6) is 0 Å². The number of rotatable bonds is 3. The number of hydrogen-bond donors (Lipinski definition) is 0. The third kappa shape index (κ3) is 3.62. The quantitative estimate of drug-likeness (QED) is 0.726. The Bertz CT molecular complexity index is 778. The van der Waals surface area contributed by atoms with E-state index in [0.717, 1.165) is 15.3 Å². The van der Waals surface area contributed by atoms with E-state index in [4.69, 9.17) is 0 Å². The second-order valence-electron chi connectivity index (χ2n) is 6.05. The van der Waals surface area contributed by atoms with Crippen LogP contribution >= 0.6 is 27.7 Å².